The lowest BCUT2D eigenvalue weighted by atomic mass is 10.2. The van der Waals surface area contributed by atoms with Crippen LogP contribution in [-0.2, 0) is 0 Å². The predicted octanol–water partition coefficient (Wildman–Crippen LogP) is 1.42. The first kappa shape index (κ1) is 10.9. The molecule has 78 valence electrons. The standard InChI is InChI=1S/C10H21FN2/c1-7(2)12-10-6-13(8(3)4)5-9(10)11/h7-10,12H,5-6H2,1-4H3. The van der Waals surface area contributed by atoms with Crippen LogP contribution >= 0.6 is 0 Å². The molecule has 2 unspecified atom stereocenters. The molecule has 1 aliphatic heterocycles. The summed E-state index contributed by atoms with van der Waals surface area (Å²) in [6, 6.07) is 0.856. The van der Waals surface area contributed by atoms with E-state index in [-0.39, 0.29) is 6.04 Å². The van der Waals surface area contributed by atoms with E-state index < -0.39 is 6.17 Å². The van der Waals surface area contributed by atoms with Gasteiger partial charge in [0.25, 0.3) is 0 Å². The third-order valence-corrected chi connectivity index (χ3v) is 2.55. The van der Waals surface area contributed by atoms with Crippen molar-refractivity contribution >= 4 is 0 Å². The Morgan fingerprint density at radius 2 is 1.85 bits per heavy atom. The van der Waals surface area contributed by atoms with Crippen molar-refractivity contribution in [3.8, 4) is 0 Å². The quantitative estimate of drug-likeness (QED) is 0.720. The molecule has 0 bridgehead atoms. The Morgan fingerprint density at radius 3 is 2.23 bits per heavy atom. The fourth-order valence-electron chi connectivity index (χ4n) is 1.80. The van der Waals surface area contributed by atoms with Gasteiger partial charge in [0.2, 0.25) is 0 Å². The van der Waals surface area contributed by atoms with Crippen LogP contribution in [0.1, 0.15) is 27.7 Å². The van der Waals surface area contributed by atoms with Gasteiger partial charge in [0.15, 0.2) is 0 Å². The topological polar surface area (TPSA) is 15.3 Å². The number of halogens is 1. The van der Waals surface area contributed by atoms with E-state index in [9.17, 15) is 4.39 Å². The van der Waals surface area contributed by atoms with E-state index in [1.165, 1.54) is 0 Å². The molecular formula is C10H21FN2. The van der Waals surface area contributed by atoms with Crippen LogP contribution in [0.3, 0.4) is 0 Å². The zero-order valence-corrected chi connectivity index (χ0v) is 9.05. The Balaban J connectivity index is 2.42. The van der Waals surface area contributed by atoms with Crippen LogP contribution < -0.4 is 5.32 Å². The number of hydrogen-bond donors (Lipinski definition) is 1. The summed E-state index contributed by atoms with van der Waals surface area (Å²) >= 11 is 0. The van der Waals surface area contributed by atoms with Crippen molar-refractivity contribution < 1.29 is 4.39 Å². The molecule has 2 atom stereocenters. The minimum atomic E-state index is -0.704. The minimum absolute atomic E-state index is 0.0300. The van der Waals surface area contributed by atoms with Crippen LogP contribution in [0.4, 0.5) is 4.39 Å². The minimum Gasteiger partial charge on any atom is -0.308 e. The third kappa shape index (κ3) is 2.92. The van der Waals surface area contributed by atoms with E-state index in [2.05, 4.69) is 37.9 Å². The maximum atomic E-state index is 13.5. The van der Waals surface area contributed by atoms with Gasteiger partial charge in [-0.1, -0.05) is 13.8 Å². The second-order valence-corrected chi connectivity index (χ2v) is 4.49. The normalized spacial score (nSPS) is 30.7. The predicted molar refractivity (Wildman–Crippen MR) is 53.7 cm³/mol. The number of rotatable bonds is 3. The summed E-state index contributed by atoms with van der Waals surface area (Å²) in [5.74, 6) is 0. The van der Waals surface area contributed by atoms with E-state index in [4.69, 9.17) is 0 Å². The van der Waals surface area contributed by atoms with Crippen molar-refractivity contribution in [2.75, 3.05) is 13.1 Å². The first-order chi connectivity index (χ1) is 6.00. The van der Waals surface area contributed by atoms with Gasteiger partial charge in [0.05, 0.1) is 6.04 Å². The Morgan fingerprint density at radius 1 is 1.23 bits per heavy atom. The molecule has 0 aliphatic carbocycles. The summed E-state index contributed by atoms with van der Waals surface area (Å²) in [4.78, 5) is 2.19. The molecule has 0 aromatic rings. The molecule has 1 saturated heterocycles. The lowest BCUT2D eigenvalue weighted by molar-refractivity contribution is 0.245. The largest absolute Gasteiger partial charge is 0.308 e. The zero-order chi connectivity index (χ0) is 10.0. The molecule has 1 heterocycles. The molecule has 13 heavy (non-hydrogen) atoms. The number of alkyl halides is 1. The Kier molecular flexibility index (Phi) is 3.68. The third-order valence-electron chi connectivity index (χ3n) is 2.55. The average Bonchev–Trinajstić information content (AvgIpc) is 2.31. The van der Waals surface area contributed by atoms with E-state index in [0.717, 1.165) is 6.54 Å². The van der Waals surface area contributed by atoms with Crippen LogP contribution in [0.2, 0.25) is 0 Å². The lowest BCUT2D eigenvalue weighted by Crippen LogP contribution is -2.41. The van der Waals surface area contributed by atoms with E-state index in [1.807, 2.05) is 0 Å². The maximum Gasteiger partial charge on any atom is 0.129 e. The first-order valence-corrected chi connectivity index (χ1v) is 5.15. The molecule has 0 amide bonds. The van der Waals surface area contributed by atoms with Gasteiger partial charge in [0, 0.05) is 25.2 Å². The van der Waals surface area contributed by atoms with Crippen molar-refractivity contribution in [3.63, 3.8) is 0 Å². The van der Waals surface area contributed by atoms with Gasteiger partial charge in [-0.2, -0.15) is 0 Å². The van der Waals surface area contributed by atoms with Crippen molar-refractivity contribution in [1.29, 1.82) is 0 Å². The highest BCUT2D eigenvalue weighted by molar-refractivity contribution is 4.91. The van der Waals surface area contributed by atoms with Gasteiger partial charge in [0.1, 0.15) is 6.17 Å². The van der Waals surface area contributed by atoms with Gasteiger partial charge >= 0.3 is 0 Å². The summed E-state index contributed by atoms with van der Waals surface area (Å²) < 4.78 is 13.5. The van der Waals surface area contributed by atoms with Crippen LogP contribution in [0.25, 0.3) is 0 Å². The summed E-state index contributed by atoms with van der Waals surface area (Å²) in [5, 5.41) is 3.26. The number of nitrogens with one attached hydrogen (secondary N) is 1. The smallest absolute Gasteiger partial charge is 0.129 e. The van der Waals surface area contributed by atoms with E-state index >= 15 is 0 Å². The van der Waals surface area contributed by atoms with Crippen LogP contribution in [0.5, 0.6) is 0 Å². The summed E-state index contributed by atoms with van der Waals surface area (Å²) in [6.45, 7) is 9.78. The highest BCUT2D eigenvalue weighted by Crippen LogP contribution is 2.16. The summed E-state index contributed by atoms with van der Waals surface area (Å²) in [6.07, 6.45) is -0.704. The molecule has 3 heteroatoms. The molecular weight excluding hydrogens is 167 g/mol. The van der Waals surface area contributed by atoms with Gasteiger partial charge < -0.3 is 5.32 Å². The number of hydrogen-bond acceptors (Lipinski definition) is 2. The molecule has 1 fully saturated rings. The van der Waals surface area contributed by atoms with Crippen molar-refractivity contribution in [1.82, 2.24) is 10.2 Å². The fourth-order valence-corrected chi connectivity index (χ4v) is 1.80. The second kappa shape index (κ2) is 4.38. The molecule has 1 aliphatic rings. The highest BCUT2D eigenvalue weighted by Gasteiger charge is 2.33. The molecule has 1 N–H and O–H groups in total. The molecule has 0 aromatic carbocycles. The highest BCUT2D eigenvalue weighted by atomic mass is 19.1. The van der Waals surface area contributed by atoms with Gasteiger partial charge in [-0.15, -0.1) is 0 Å². The fraction of sp³-hybridized carbons (Fsp3) is 1.00. The van der Waals surface area contributed by atoms with Crippen molar-refractivity contribution in [2.45, 2.75) is 52.0 Å². The van der Waals surface area contributed by atoms with Crippen LogP contribution in [0, 0.1) is 0 Å². The van der Waals surface area contributed by atoms with Crippen LogP contribution in [0.15, 0.2) is 0 Å². The molecule has 0 radical (unpaired) electrons. The first-order valence-electron chi connectivity index (χ1n) is 5.15. The van der Waals surface area contributed by atoms with E-state index in [1.54, 1.807) is 0 Å². The van der Waals surface area contributed by atoms with Gasteiger partial charge in [-0.3, -0.25) is 4.90 Å². The number of nitrogens with zero attached hydrogens (tertiary/aromatic N) is 1. The molecule has 0 saturated carbocycles. The summed E-state index contributed by atoms with van der Waals surface area (Å²) in [5.41, 5.74) is 0. The van der Waals surface area contributed by atoms with Crippen molar-refractivity contribution in [3.05, 3.63) is 0 Å². The molecule has 0 aromatic heterocycles. The molecule has 0 spiro atoms. The van der Waals surface area contributed by atoms with Gasteiger partial charge in [-0.25, -0.2) is 4.39 Å². The zero-order valence-electron chi connectivity index (χ0n) is 9.05. The molecule has 2 nitrogen and oxygen atoms in total. The number of likely N-dealkylation sites (tertiary alicyclic amines) is 1. The maximum absolute atomic E-state index is 13.5. The monoisotopic (exact) mass is 188 g/mol. The van der Waals surface area contributed by atoms with Gasteiger partial charge in [-0.05, 0) is 13.8 Å². The summed E-state index contributed by atoms with van der Waals surface area (Å²) in [7, 11) is 0. The Bertz CT molecular complexity index is 159. The average molecular weight is 188 g/mol. The second-order valence-electron chi connectivity index (χ2n) is 4.49. The Labute approximate surface area is 80.5 Å². The van der Waals surface area contributed by atoms with Crippen molar-refractivity contribution in [2.24, 2.45) is 0 Å². The van der Waals surface area contributed by atoms with Crippen LogP contribution in [-0.4, -0.2) is 42.3 Å². The van der Waals surface area contributed by atoms with E-state index in [0.29, 0.717) is 18.6 Å². The lowest BCUT2D eigenvalue weighted by Gasteiger charge is -2.20. The molecule has 1 rings (SSSR count). The Hall–Kier alpha value is -0.150. The SMILES string of the molecule is CC(C)NC1CN(C(C)C)CC1F.